The maximum Gasteiger partial charge on any atom is 0.453 e. The van der Waals surface area contributed by atoms with Gasteiger partial charge in [0.1, 0.15) is 17.1 Å². The van der Waals surface area contributed by atoms with E-state index in [1.54, 1.807) is 19.1 Å². The number of halogens is 4. The quantitative estimate of drug-likeness (QED) is 0.158. The van der Waals surface area contributed by atoms with Crippen LogP contribution < -0.4 is 14.9 Å². The topological polar surface area (TPSA) is 78.2 Å². The van der Waals surface area contributed by atoms with Crippen molar-refractivity contribution in [3.05, 3.63) is 97.9 Å². The van der Waals surface area contributed by atoms with E-state index >= 15 is 0 Å². The highest BCUT2D eigenvalue weighted by Crippen LogP contribution is 2.41. The second-order valence-corrected chi connectivity index (χ2v) is 12.0. The molecule has 0 aliphatic carbocycles. The molecule has 44 heavy (non-hydrogen) atoms. The van der Waals surface area contributed by atoms with E-state index in [2.05, 4.69) is 0 Å². The molecule has 1 fully saturated rings. The predicted octanol–water partition coefficient (Wildman–Crippen LogP) is 7.91. The van der Waals surface area contributed by atoms with Gasteiger partial charge in [0, 0.05) is 24.7 Å². The Morgan fingerprint density at radius 1 is 1.00 bits per heavy atom. The molecule has 2 heterocycles. The number of aryl methyl sites for hydroxylation is 1. The Morgan fingerprint density at radius 2 is 1.68 bits per heavy atom. The Kier molecular flexibility index (Phi) is 8.80. The lowest BCUT2D eigenvalue weighted by atomic mass is 9.87. The number of benzene rings is 3. The number of nitrogens with zero attached hydrogens (tertiary/aromatic N) is 1. The Balaban J connectivity index is 1.62. The summed E-state index contributed by atoms with van der Waals surface area (Å²) in [6, 6.07) is 13.8. The number of esters is 1. The second-order valence-electron chi connectivity index (χ2n) is 11.6. The van der Waals surface area contributed by atoms with Crippen LogP contribution in [0, 0.1) is 6.92 Å². The first-order valence-electron chi connectivity index (χ1n) is 14.0. The molecule has 1 aromatic heterocycles. The fraction of sp³-hybridized carbons (Fsp3) is 0.333. The van der Waals surface area contributed by atoms with Crippen LogP contribution >= 0.6 is 11.6 Å². The fourth-order valence-corrected chi connectivity index (χ4v) is 4.97. The van der Waals surface area contributed by atoms with Gasteiger partial charge in [0.15, 0.2) is 0 Å². The molecule has 3 aromatic carbocycles. The van der Waals surface area contributed by atoms with Gasteiger partial charge in [0.25, 0.3) is 5.76 Å². The van der Waals surface area contributed by atoms with Gasteiger partial charge < -0.3 is 18.6 Å². The lowest BCUT2D eigenvalue weighted by Crippen LogP contribution is -2.36. The van der Waals surface area contributed by atoms with E-state index in [1.165, 1.54) is 30.3 Å². The first kappa shape index (κ1) is 31.6. The highest BCUT2D eigenvalue weighted by Gasteiger charge is 2.41. The minimum atomic E-state index is -5.08. The number of ether oxygens (including phenoxy) is 3. The number of hydrogen-bond donors (Lipinski definition) is 0. The number of carbonyl (C=O) groups is 1. The number of carbonyl (C=O) groups excluding carboxylic acids is 1. The standard InChI is InChI=1S/C33H31ClF3NO6/c1-19-17-22(9-11-25(19)34)42-29-27(39)23-10-12-26(43-31(40)20-5-7-21(8-6-20)32(2,3)4)24(18-38-13-15-41-16-14-38)28(23)44-30(29)33(35,36)37/h5-12,17H,13-16,18H2,1-4H3. The van der Waals surface area contributed by atoms with E-state index in [1.807, 2.05) is 37.8 Å². The van der Waals surface area contributed by atoms with E-state index in [9.17, 15) is 22.8 Å². The summed E-state index contributed by atoms with van der Waals surface area (Å²) in [6.45, 7) is 9.62. The van der Waals surface area contributed by atoms with Gasteiger partial charge in [0.2, 0.25) is 11.2 Å². The highest BCUT2D eigenvalue weighted by atomic mass is 35.5. The van der Waals surface area contributed by atoms with Crippen molar-refractivity contribution in [1.29, 1.82) is 0 Å². The van der Waals surface area contributed by atoms with Crippen molar-refractivity contribution in [3.63, 3.8) is 0 Å². The number of hydrogen-bond acceptors (Lipinski definition) is 7. The zero-order valence-electron chi connectivity index (χ0n) is 24.6. The molecule has 11 heteroatoms. The molecule has 0 atom stereocenters. The maximum absolute atomic E-state index is 14.4. The van der Waals surface area contributed by atoms with Crippen LogP contribution in [0.15, 0.2) is 63.8 Å². The highest BCUT2D eigenvalue weighted by molar-refractivity contribution is 6.31. The molecular weight excluding hydrogens is 599 g/mol. The molecule has 0 bridgehead atoms. The number of fused-ring (bicyclic) bond motifs is 1. The average Bonchev–Trinajstić information content (AvgIpc) is 2.97. The van der Waals surface area contributed by atoms with Gasteiger partial charge in [-0.3, -0.25) is 9.69 Å². The first-order valence-corrected chi connectivity index (χ1v) is 14.4. The third-order valence-electron chi connectivity index (χ3n) is 7.36. The molecule has 1 aliphatic rings. The van der Waals surface area contributed by atoms with Crippen molar-refractivity contribution in [2.75, 3.05) is 26.3 Å². The molecular formula is C33H31ClF3NO6. The van der Waals surface area contributed by atoms with Crippen molar-refractivity contribution in [1.82, 2.24) is 4.90 Å². The van der Waals surface area contributed by atoms with Gasteiger partial charge in [-0.1, -0.05) is 44.5 Å². The molecule has 232 valence electrons. The number of rotatable bonds is 6. The summed E-state index contributed by atoms with van der Waals surface area (Å²) in [7, 11) is 0. The number of morpholine rings is 1. The SMILES string of the molecule is Cc1cc(Oc2c(C(F)(F)F)oc3c(CN4CCOCC4)c(OC(=O)c4ccc(C(C)(C)C)cc4)ccc3c2=O)ccc1Cl. The normalized spacial score (nSPS) is 14.5. The zero-order chi connectivity index (χ0) is 31.8. The summed E-state index contributed by atoms with van der Waals surface area (Å²) in [6.07, 6.45) is -5.08. The molecule has 0 amide bonds. The van der Waals surface area contributed by atoms with Gasteiger partial charge in [-0.15, -0.1) is 0 Å². The maximum atomic E-state index is 14.4. The molecule has 0 spiro atoms. The molecule has 5 rings (SSSR count). The molecule has 7 nitrogen and oxygen atoms in total. The summed E-state index contributed by atoms with van der Waals surface area (Å²) in [5.74, 6) is -3.35. The molecule has 0 unspecified atom stereocenters. The summed E-state index contributed by atoms with van der Waals surface area (Å²) in [5.41, 5.74) is 0.452. The van der Waals surface area contributed by atoms with Crippen LogP contribution in [-0.4, -0.2) is 37.2 Å². The first-order chi connectivity index (χ1) is 20.7. The van der Waals surface area contributed by atoms with Gasteiger partial charge in [-0.25, -0.2) is 4.79 Å². The molecule has 0 saturated carbocycles. The molecule has 0 N–H and O–H groups in total. The van der Waals surface area contributed by atoms with Gasteiger partial charge in [-0.05, 0) is 65.9 Å². The van der Waals surface area contributed by atoms with Crippen molar-refractivity contribution in [2.24, 2.45) is 0 Å². The van der Waals surface area contributed by atoms with Crippen LogP contribution in [0.25, 0.3) is 11.0 Å². The van der Waals surface area contributed by atoms with Crippen molar-refractivity contribution < 1.29 is 36.6 Å². The van der Waals surface area contributed by atoms with Crippen LogP contribution in [0.3, 0.4) is 0 Å². The Bertz CT molecular complexity index is 1750. The Hall–Kier alpha value is -3.86. The fourth-order valence-electron chi connectivity index (χ4n) is 4.85. The van der Waals surface area contributed by atoms with Crippen LogP contribution in [0.5, 0.6) is 17.2 Å². The lowest BCUT2D eigenvalue weighted by Gasteiger charge is -2.27. The van der Waals surface area contributed by atoms with E-state index in [0.717, 1.165) is 5.56 Å². The van der Waals surface area contributed by atoms with Crippen molar-refractivity contribution >= 4 is 28.5 Å². The smallest absolute Gasteiger partial charge is 0.449 e. The molecule has 4 aromatic rings. The third-order valence-corrected chi connectivity index (χ3v) is 7.78. The van der Waals surface area contributed by atoms with Gasteiger partial charge in [-0.2, -0.15) is 13.2 Å². The Labute approximate surface area is 257 Å². The van der Waals surface area contributed by atoms with Gasteiger partial charge >= 0.3 is 12.1 Å². The van der Waals surface area contributed by atoms with E-state index in [4.69, 9.17) is 30.2 Å². The average molecular weight is 630 g/mol. The largest absolute Gasteiger partial charge is 0.453 e. The third kappa shape index (κ3) is 6.77. The molecule has 0 radical (unpaired) electrons. The van der Waals surface area contributed by atoms with Crippen LogP contribution in [0.4, 0.5) is 13.2 Å². The van der Waals surface area contributed by atoms with Crippen LogP contribution in [0.1, 0.15) is 53.6 Å². The summed E-state index contributed by atoms with van der Waals surface area (Å²) >= 11 is 6.05. The number of alkyl halides is 3. The summed E-state index contributed by atoms with van der Waals surface area (Å²) in [5, 5.41) is 0.232. The minimum absolute atomic E-state index is 0.0133. The lowest BCUT2D eigenvalue weighted by molar-refractivity contribution is -0.154. The van der Waals surface area contributed by atoms with Crippen LogP contribution in [0.2, 0.25) is 5.02 Å². The minimum Gasteiger partial charge on any atom is -0.449 e. The van der Waals surface area contributed by atoms with E-state index < -0.39 is 29.1 Å². The summed E-state index contributed by atoms with van der Waals surface area (Å²) in [4.78, 5) is 28.7. The molecule has 1 saturated heterocycles. The second kappa shape index (κ2) is 12.3. The van der Waals surface area contributed by atoms with E-state index in [-0.39, 0.29) is 45.6 Å². The monoisotopic (exact) mass is 629 g/mol. The molecule has 1 aliphatic heterocycles. The summed E-state index contributed by atoms with van der Waals surface area (Å²) < 4.78 is 65.3. The van der Waals surface area contributed by atoms with Crippen molar-refractivity contribution in [2.45, 2.75) is 45.8 Å². The Morgan fingerprint density at radius 3 is 2.30 bits per heavy atom. The van der Waals surface area contributed by atoms with Crippen LogP contribution in [-0.2, 0) is 22.9 Å². The van der Waals surface area contributed by atoms with Crippen molar-refractivity contribution in [3.8, 4) is 17.2 Å². The van der Waals surface area contributed by atoms with E-state index in [0.29, 0.717) is 36.9 Å². The predicted molar refractivity (Wildman–Crippen MR) is 160 cm³/mol. The van der Waals surface area contributed by atoms with Gasteiger partial charge in [0.05, 0.1) is 29.7 Å². The zero-order valence-corrected chi connectivity index (χ0v) is 25.4.